The lowest BCUT2D eigenvalue weighted by Gasteiger charge is -2.07. The Balaban J connectivity index is 1.61. The Labute approximate surface area is 177 Å². The molecule has 31 heavy (non-hydrogen) atoms. The normalized spacial score (nSPS) is 11.6. The van der Waals surface area contributed by atoms with E-state index in [-0.39, 0.29) is 17.4 Å². The SMILES string of the molecule is O=C(C=C(O)c1nn[nH]n1)c1cc(CCc2ccccc2)cn1Cc1cccc(F)c1. The molecule has 2 heterocycles. The molecule has 0 radical (unpaired) electrons. The summed E-state index contributed by atoms with van der Waals surface area (Å²) in [5.41, 5.74) is 3.27. The quantitative estimate of drug-likeness (QED) is 0.259. The summed E-state index contributed by atoms with van der Waals surface area (Å²) in [5, 5.41) is 23.0. The Morgan fingerprint density at radius 1 is 1.03 bits per heavy atom. The zero-order valence-corrected chi connectivity index (χ0v) is 16.6. The highest BCUT2D eigenvalue weighted by atomic mass is 19.1. The second kappa shape index (κ2) is 9.17. The molecule has 0 atom stereocenters. The van der Waals surface area contributed by atoms with Gasteiger partial charge in [0.2, 0.25) is 11.6 Å². The molecule has 0 bridgehead atoms. The average Bonchev–Trinajstić information content (AvgIpc) is 3.43. The zero-order chi connectivity index (χ0) is 21.6. The lowest BCUT2D eigenvalue weighted by atomic mass is 10.1. The van der Waals surface area contributed by atoms with Crippen LogP contribution in [0.4, 0.5) is 4.39 Å². The molecule has 2 aromatic heterocycles. The lowest BCUT2D eigenvalue weighted by molar-refractivity contribution is 0.103. The third-order valence-corrected chi connectivity index (χ3v) is 4.84. The van der Waals surface area contributed by atoms with Crippen molar-refractivity contribution in [3.05, 3.63) is 107 Å². The van der Waals surface area contributed by atoms with E-state index in [2.05, 4.69) is 32.8 Å². The van der Waals surface area contributed by atoms with Gasteiger partial charge in [-0.2, -0.15) is 5.21 Å². The average molecular weight is 417 g/mol. The molecular formula is C23H20FN5O2. The summed E-state index contributed by atoms with van der Waals surface area (Å²) in [4.78, 5) is 12.9. The molecule has 0 aliphatic heterocycles. The Morgan fingerprint density at radius 2 is 1.81 bits per heavy atom. The minimum atomic E-state index is -0.412. The first-order chi connectivity index (χ1) is 15.1. The van der Waals surface area contributed by atoms with Crippen LogP contribution < -0.4 is 0 Å². The van der Waals surface area contributed by atoms with Crippen molar-refractivity contribution < 1.29 is 14.3 Å². The number of aliphatic hydroxyl groups excluding tert-OH is 1. The summed E-state index contributed by atoms with van der Waals surface area (Å²) in [7, 11) is 0. The Kier molecular flexibility index (Phi) is 5.98. The van der Waals surface area contributed by atoms with Crippen molar-refractivity contribution >= 4 is 11.5 Å². The number of allylic oxidation sites excluding steroid dienone is 1. The molecule has 0 aliphatic carbocycles. The number of halogens is 1. The number of carbonyl (C=O) groups is 1. The Morgan fingerprint density at radius 3 is 2.55 bits per heavy atom. The number of nitrogens with one attached hydrogen (secondary N) is 1. The number of aromatic nitrogens is 5. The van der Waals surface area contributed by atoms with Crippen molar-refractivity contribution in [1.82, 2.24) is 25.2 Å². The van der Waals surface area contributed by atoms with E-state index in [4.69, 9.17) is 0 Å². The molecule has 0 spiro atoms. The highest BCUT2D eigenvalue weighted by molar-refractivity contribution is 6.06. The molecule has 0 fully saturated rings. The first kappa shape index (κ1) is 20.2. The Bertz CT molecular complexity index is 1200. The number of aliphatic hydroxyl groups is 1. The number of aryl methyl sites for hydroxylation is 2. The predicted molar refractivity (Wildman–Crippen MR) is 113 cm³/mol. The van der Waals surface area contributed by atoms with Crippen LogP contribution in [0.1, 0.15) is 33.0 Å². The standard InChI is InChI=1S/C23H20FN5O2/c24-19-8-4-7-17(11-19)14-29-15-18(10-9-16-5-2-1-3-6-16)12-20(29)21(30)13-22(31)23-25-27-28-26-23/h1-8,11-13,15,31H,9-10,14H2,(H,25,26,27,28). The summed E-state index contributed by atoms with van der Waals surface area (Å²) >= 11 is 0. The molecule has 4 rings (SSSR count). The van der Waals surface area contributed by atoms with Gasteiger partial charge >= 0.3 is 0 Å². The maximum absolute atomic E-state index is 13.6. The van der Waals surface area contributed by atoms with Crippen LogP contribution in [-0.4, -0.2) is 36.1 Å². The van der Waals surface area contributed by atoms with Gasteiger partial charge in [-0.05, 0) is 52.9 Å². The Hall–Kier alpha value is -4.07. The first-order valence-corrected chi connectivity index (χ1v) is 9.75. The number of aromatic amines is 1. The molecule has 8 heteroatoms. The molecule has 0 saturated heterocycles. The van der Waals surface area contributed by atoms with Gasteiger partial charge in [-0.15, -0.1) is 10.2 Å². The highest BCUT2D eigenvalue weighted by Crippen LogP contribution is 2.17. The summed E-state index contributed by atoms with van der Waals surface area (Å²) in [6.45, 7) is 0.320. The van der Waals surface area contributed by atoms with Crippen molar-refractivity contribution in [2.75, 3.05) is 0 Å². The number of carbonyl (C=O) groups excluding carboxylic acids is 1. The van der Waals surface area contributed by atoms with Crippen LogP contribution in [0.25, 0.3) is 5.76 Å². The van der Waals surface area contributed by atoms with Crippen molar-refractivity contribution in [2.24, 2.45) is 0 Å². The minimum Gasteiger partial charge on any atom is -0.504 e. The van der Waals surface area contributed by atoms with Crippen LogP contribution in [-0.2, 0) is 19.4 Å². The maximum Gasteiger partial charge on any atom is 0.239 e. The van der Waals surface area contributed by atoms with Crippen LogP contribution in [0.5, 0.6) is 0 Å². The number of nitrogens with zero attached hydrogens (tertiary/aromatic N) is 4. The molecule has 0 saturated carbocycles. The first-order valence-electron chi connectivity index (χ1n) is 9.75. The highest BCUT2D eigenvalue weighted by Gasteiger charge is 2.16. The third kappa shape index (κ3) is 5.11. The molecule has 0 aliphatic rings. The van der Waals surface area contributed by atoms with E-state index in [0.717, 1.165) is 30.0 Å². The van der Waals surface area contributed by atoms with Gasteiger partial charge in [-0.25, -0.2) is 4.39 Å². The van der Waals surface area contributed by atoms with Crippen LogP contribution >= 0.6 is 0 Å². The van der Waals surface area contributed by atoms with Gasteiger partial charge < -0.3 is 9.67 Å². The molecular weight excluding hydrogens is 397 g/mol. The summed E-state index contributed by atoms with van der Waals surface area (Å²) in [6.07, 6.45) is 4.51. The van der Waals surface area contributed by atoms with Gasteiger partial charge in [-0.3, -0.25) is 4.79 Å². The van der Waals surface area contributed by atoms with Gasteiger partial charge in [0.15, 0.2) is 5.76 Å². The molecule has 156 valence electrons. The van der Waals surface area contributed by atoms with Gasteiger partial charge in [0.05, 0.1) is 5.69 Å². The van der Waals surface area contributed by atoms with Crippen LogP contribution in [0.3, 0.4) is 0 Å². The fourth-order valence-corrected chi connectivity index (χ4v) is 3.34. The number of hydrogen-bond donors (Lipinski definition) is 2. The summed E-state index contributed by atoms with van der Waals surface area (Å²) < 4.78 is 15.4. The molecule has 4 aromatic rings. The van der Waals surface area contributed by atoms with Crippen LogP contribution in [0.15, 0.2) is 72.9 Å². The number of H-pyrrole nitrogens is 1. The summed E-state index contributed by atoms with van der Waals surface area (Å²) in [5.74, 6) is -1.20. The maximum atomic E-state index is 13.6. The van der Waals surface area contributed by atoms with Crippen molar-refractivity contribution in [3.8, 4) is 0 Å². The second-order valence-electron chi connectivity index (χ2n) is 7.11. The number of rotatable bonds is 8. The van der Waals surface area contributed by atoms with Gasteiger partial charge in [-0.1, -0.05) is 42.5 Å². The number of hydrogen-bond acceptors (Lipinski definition) is 5. The van der Waals surface area contributed by atoms with Crippen LogP contribution in [0.2, 0.25) is 0 Å². The fourth-order valence-electron chi connectivity index (χ4n) is 3.34. The fraction of sp³-hybridized carbons (Fsp3) is 0.130. The smallest absolute Gasteiger partial charge is 0.239 e. The van der Waals surface area contributed by atoms with Gasteiger partial charge in [0.25, 0.3) is 0 Å². The van der Waals surface area contributed by atoms with Crippen molar-refractivity contribution in [1.29, 1.82) is 0 Å². The van der Waals surface area contributed by atoms with E-state index in [1.807, 2.05) is 24.4 Å². The van der Waals surface area contributed by atoms with Crippen LogP contribution in [0, 0.1) is 5.82 Å². The van der Waals surface area contributed by atoms with E-state index in [1.54, 1.807) is 22.8 Å². The summed E-state index contributed by atoms with van der Waals surface area (Å²) in [6, 6.07) is 18.1. The number of benzene rings is 2. The van der Waals surface area contributed by atoms with Crippen molar-refractivity contribution in [3.63, 3.8) is 0 Å². The van der Waals surface area contributed by atoms with E-state index in [9.17, 15) is 14.3 Å². The molecule has 2 N–H and O–H groups in total. The van der Waals surface area contributed by atoms with E-state index >= 15 is 0 Å². The van der Waals surface area contributed by atoms with E-state index in [0.29, 0.717) is 12.2 Å². The largest absolute Gasteiger partial charge is 0.504 e. The predicted octanol–water partition coefficient (Wildman–Crippen LogP) is 3.76. The molecule has 2 aromatic carbocycles. The van der Waals surface area contributed by atoms with Gasteiger partial charge in [0, 0.05) is 18.8 Å². The topological polar surface area (TPSA) is 96.7 Å². The minimum absolute atomic E-state index is 0.0686. The molecule has 0 amide bonds. The van der Waals surface area contributed by atoms with Gasteiger partial charge in [0.1, 0.15) is 5.82 Å². The van der Waals surface area contributed by atoms with Crippen molar-refractivity contribution in [2.45, 2.75) is 19.4 Å². The number of tetrazole rings is 1. The van der Waals surface area contributed by atoms with E-state index in [1.165, 1.54) is 17.7 Å². The molecule has 0 unspecified atom stereocenters. The third-order valence-electron chi connectivity index (χ3n) is 4.84. The second-order valence-corrected chi connectivity index (χ2v) is 7.11. The lowest BCUT2D eigenvalue weighted by Crippen LogP contribution is -2.08. The monoisotopic (exact) mass is 417 g/mol. The van der Waals surface area contributed by atoms with E-state index < -0.39 is 5.78 Å². The molecule has 7 nitrogen and oxygen atoms in total. The number of ketones is 1. The zero-order valence-electron chi connectivity index (χ0n) is 16.6.